The standard InChI is InChI=1S/C19H22N4O3/c1-22(11-16(24)20-14-7-8-14)19(25)17-15-12-26-10-9-23(15)18(21-17)13-5-3-2-4-6-13/h2-6,14H,7-12H2,1H3,(H,20,24). The number of imidazole rings is 1. The summed E-state index contributed by atoms with van der Waals surface area (Å²) >= 11 is 0. The number of nitrogens with zero attached hydrogens (tertiary/aromatic N) is 3. The molecule has 1 saturated carbocycles. The molecule has 0 radical (unpaired) electrons. The van der Waals surface area contributed by atoms with Crippen LogP contribution in [0.1, 0.15) is 29.0 Å². The molecule has 2 amide bonds. The number of rotatable bonds is 5. The average molecular weight is 354 g/mol. The Kier molecular flexibility index (Phi) is 4.46. The van der Waals surface area contributed by atoms with Crippen molar-refractivity contribution in [3.63, 3.8) is 0 Å². The van der Waals surface area contributed by atoms with E-state index < -0.39 is 0 Å². The van der Waals surface area contributed by atoms with Crippen LogP contribution in [-0.2, 0) is 22.7 Å². The smallest absolute Gasteiger partial charge is 0.274 e. The zero-order valence-electron chi connectivity index (χ0n) is 14.8. The quantitative estimate of drug-likeness (QED) is 0.881. The second kappa shape index (κ2) is 6.92. The number of hydrogen-bond acceptors (Lipinski definition) is 4. The number of ether oxygens (including phenoxy) is 1. The number of benzene rings is 1. The molecule has 0 spiro atoms. The highest BCUT2D eigenvalue weighted by Gasteiger charge is 2.29. The Morgan fingerprint density at radius 2 is 2.08 bits per heavy atom. The fraction of sp³-hybridized carbons (Fsp3) is 0.421. The highest BCUT2D eigenvalue weighted by Crippen LogP contribution is 2.26. The molecule has 1 fully saturated rings. The second-order valence-corrected chi connectivity index (χ2v) is 6.80. The first-order chi connectivity index (χ1) is 12.6. The van der Waals surface area contributed by atoms with Crippen molar-refractivity contribution in [2.45, 2.75) is 32.0 Å². The van der Waals surface area contributed by atoms with E-state index in [9.17, 15) is 9.59 Å². The van der Waals surface area contributed by atoms with Crippen LogP contribution in [0.25, 0.3) is 11.4 Å². The van der Waals surface area contributed by atoms with Gasteiger partial charge in [-0.15, -0.1) is 0 Å². The van der Waals surface area contributed by atoms with Crippen molar-refractivity contribution < 1.29 is 14.3 Å². The predicted octanol–water partition coefficient (Wildman–Crippen LogP) is 1.43. The molecule has 1 aliphatic heterocycles. The summed E-state index contributed by atoms with van der Waals surface area (Å²) in [6.45, 7) is 1.63. The molecule has 4 rings (SSSR count). The van der Waals surface area contributed by atoms with E-state index in [4.69, 9.17) is 4.74 Å². The molecule has 26 heavy (non-hydrogen) atoms. The number of nitrogens with one attached hydrogen (secondary N) is 1. The van der Waals surface area contributed by atoms with Gasteiger partial charge in [0.1, 0.15) is 5.82 Å². The Hall–Kier alpha value is -2.67. The minimum absolute atomic E-state index is 0.0309. The van der Waals surface area contributed by atoms with Crippen molar-refractivity contribution in [2.75, 3.05) is 20.2 Å². The highest BCUT2D eigenvalue weighted by atomic mass is 16.5. The van der Waals surface area contributed by atoms with E-state index in [1.54, 1.807) is 7.05 Å². The van der Waals surface area contributed by atoms with Gasteiger partial charge in [-0.1, -0.05) is 30.3 Å². The Morgan fingerprint density at radius 3 is 2.81 bits per heavy atom. The van der Waals surface area contributed by atoms with Crippen molar-refractivity contribution in [2.24, 2.45) is 0 Å². The molecule has 7 heteroatoms. The van der Waals surface area contributed by atoms with Crippen LogP contribution in [0.5, 0.6) is 0 Å². The van der Waals surface area contributed by atoms with Gasteiger partial charge in [0.05, 0.1) is 25.5 Å². The third-order valence-electron chi connectivity index (χ3n) is 4.68. The van der Waals surface area contributed by atoms with Crippen molar-refractivity contribution in [1.29, 1.82) is 0 Å². The van der Waals surface area contributed by atoms with Crippen LogP contribution in [0, 0.1) is 0 Å². The highest BCUT2D eigenvalue weighted by molar-refractivity contribution is 5.96. The summed E-state index contributed by atoms with van der Waals surface area (Å²) < 4.78 is 7.59. The van der Waals surface area contributed by atoms with Crippen LogP contribution in [0.15, 0.2) is 30.3 Å². The van der Waals surface area contributed by atoms with E-state index in [2.05, 4.69) is 10.3 Å². The molecule has 0 atom stereocenters. The van der Waals surface area contributed by atoms with E-state index >= 15 is 0 Å². The van der Waals surface area contributed by atoms with Gasteiger partial charge in [-0.05, 0) is 12.8 Å². The third-order valence-corrected chi connectivity index (χ3v) is 4.68. The summed E-state index contributed by atoms with van der Waals surface area (Å²) in [5, 5.41) is 2.90. The molecular formula is C19H22N4O3. The number of fused-ring (bicyclic) bond motifs is 1. The van der Waals surface area contributed by atoms with Crippen molar-refractivity contribution in [3.05, 3.63) is 41.7 Å². The summed E-state index contributed by atoms with van der Waals surface area (Å²) in [7, 11) is 1.63. The lowest BCUT2D eigenvalue weighted by Crippen LogP contribution is -2.39. The van der Waals surface area contributed by atoms with Crippen LogP contribution in [0.3, 0.4) is 0 Å². The monoisotopic (exact) mass is 354 g/mol. The summed E-state index contributed by atoms with van der Waals surface area (Å²) in [6.07, 6.45) is 2.05. The van der Waals surface area contributed by atoms with Crippen LogP contribution < -0.4 is 5.32 Å². The van der Waals surface area contributed by atoms with Gasteiger partial charge in [0.2, 0.25) is 5.91 Å². The molecule has 7 nitrogen and oxygen atoms in total. The van der Waals surface area contributed by atoms with Gasteiger partial charge in [0.25, 0.3) is 5.91 Å². The normalized spacial score (nSPS) is 16.0. The molecule has 1 aliphatic carbocycles. The molecule has 1 aromatic carbocycles. The van der Waals surface area contributed by atoms with Gasteiger partial charge in [-0.3, -0.25) is 9.59 Å². The Labute approximate surface area is 152 Å². The van der Waals surface area contributed by atoms with E-state index in [-0.39, 0.29) is 24.4 Å². The lowest BCUT2D eigenvalue weighted by atomic mass is 10.2. The van der Waals surface area contributed by atoms with Gasteiger partial charge in [0.15, 0.2) is 5.69 Å². The predicted molar refractivity (Wildman–Crippen MR) is 95.4 cm³/mol. The first-order valence-electron chi connectivity index (χ1n) is 8.91. The maximum absolute atomic E-state index is 12.9. The van der Waals surface area contributed by atoms with E-state index in [0.717, 1.165) is 29.9 Å². The van der Waals surface area contributed by atoms with Crippen LogP contribution >= 0.6 is 0 Å². The van der Waals surface area contributed by atoms with Crippen LogP contribution in [0.2, 0.25) is 0 Å². The summed E-state index contributed by atoms with van der Waals surface area (Å²) in [6, 6.07) is 10.1. The summed E-state index contributed by atoms with van der Waals surface area (Å²) in [4.78, 5) is 31.0. The van der Waals surface area contributed by atoms with Crippen molar-refractivity contribution in [3.8, 4) is 11.4 Å². The van der Waals surface area contributed by atoms with Gasteiger partial charge in [-0.25, -0.2) is 4.98 Å². The maximum atomic E-state index is 12.9. The van der Waals surface area contributed by atoms with Crippen LogP contribution in [-0.4, -0.2) is 52.5 Å². The third kappa shape index (κ3) is 3.35. The molecule has 136 valence electrons. The molecule has 1 N–H and O–H groups in total. The minimum atomic E-state index is -0.257. The zero-order chi connectivity index (χ0) is 18.1. The van der Waals surface area contributed by atoms with Gasteiger partial charge < -0.3 is 19.5 Å². The lowest BCUT2D eigenvalue weighted by Gasteiger charge is -2.19. The van der Waals surface area contributed by atoms with Gasteiger partial charge in [-0.2, -0.15) is 0 Å². The summed E-state index contributed by atoms with van der Waals surface area (Å²) in [5.41, 5.74) is 2.10. The average Bonchev–Trinajstić information content (AvgIpc) is 3.38. The summed E-state index contributed by atoms with van der Waals surface area (Å²) in [5.74, 6) is 0.381. The lowest BCUT2D eigenvalue weighted by molar-refractivity contribution is -0.121. The zero-order valence-corrected chi connectivity index (χ0v) is 14.8. The number of amides is 2. The number of hydrogen-bond donors (Lipinski definition) is 1. The number of carbonyl (C=O) groups excluding carboxylic acids is 2. The first-order valence-corrected chi connectivity index (χ1v) is 8.91. The van der Waals surface area contributed by atoms with E-state index in [0.29, 0.717) is 25.5 Å². The molecule has 0 bridgehead atoms. The number of carbonyl (C=O) groups is 2. The molecular weight excluding hydrogens is 332 g/mol. The SMILES string of the molecule is CN(CC(=O)NC1CC1)C(=O)c1nc(-c2ccccc2)n2c1COCC2. The van der Waals surface area contributed by atoms with Crippen molar-refractivity contribution in [1.82, 2.24) is 19.8 Å². The minimum Gasteiger partial charge on any atom is -0.373 e. The largest absolute Gasteiger partial charge is 0.373 e. The topological polar surface area (TPSA) is 76.5 Å². The molecule has 2 aliphatic rings. The molecule has 1 aromatic heterocycles. The molecule has 2 heterocycles. The maximum Gasteiger partial charge on any atom is 0.274 e. The molecule has 2 aromatic rings. The molecule has 0 saturated heterocycles. The fourth-order valence-electron chi connectivity index (χ4n) is 3.15. The Bertz CT molecular complexity index is 827. The van der Waals surface area contributed by atoms with E-state index in [1.807, 2.05) is 34.9 Å². The first kappa shape index (κ1) is 16.8. The molecule has 0 unspecified atom stereocenters. The Balaban J connectivity index is 1.60. The van der Waals surface area contributed by atoms with E-state index in [1.165, 1.54) is 4.90 Å². The number of likely N-dealkylation sites (N-methyl/N-ethyl adjacent to an activating group) is 1. The second-order valence-electron chi connectivity index (χ2n) is 6.80. The number of aromatic nitrogens is 2. The fourth-order valence-corrected chi connectivity index (χ4v) is 3.15. The van der Waals surface area contributed by atoms with Gasteiger partial charge in [0, 0.05) is 25.2 Å². The van der Waals surface area contributed by atoms with Crippen molar-refractivity contribution >= 4 is 11.8 Å². The van der Waals surface area contributed by atoms with Crippen LogP contribution in [0.4, 0.5) is 0 Å². The van der Waals surface area contributed by atoms with Gasteiger partial charge >= 0.3 is 0 Å². The Morgan fingerprint density at radius 1 is 1.31 bits per heavy atom.